The number of aromatic nitrogens is 1. The van der Waals surface area contributed by atoms with Gasteiger partial charge in [0.25, 0.3) is 0 Å². The van der Waals surface area contributed by atoms with Crippen LogP contribution in [0.15, 0.2) is 18.3 Å². The number of pyridine rings is 1. The van der Waals surface area contributed by atoms with Crippen LogP contribution in [0, 0.1) is 22.6 Å². The monoisotopic (exact) mass is 222 g/mol. The average Bonchev–Trinajstić information content (AvgIpc) is 2.58. The van der Waals surface area contributed by atoms with Gasteiger partial charge in [-0.05, 0) is 28.9 Å². The van der Waals surface area contributed by atoms with Crippen LogP contribution in [0.1, 0.15) is 27.7 Å². The summed E-state index contributed by atoms with van der Waals surface area (Å²) in [5, 5.41) is 3.27. The minimum atomic E-state index is -0.294. The van der Waals surface area contributed by atoms with E-state index in [1.54, 1.807) is 6.07 Å². The summed E-state index contributed by atoms with van der Waals surface area (Å²) < 4.78 is 12.7. The van der Waals surface area contributed by atoms with Crippen molar-refractivity contribution in [1.29, 1.82) is 0 Å². The van der Waals surface area contributed by atoms with Crippen LogP contribution >= 0.6 is 0 Å². The van der Waals surface area contributed by atoms with Gasteiger partial charge in [-0.2, -0.15) is 0 Å². The molecule has 1 aromatic rings. The smallest absolute Gasteiger partial charge is 0.141 e. The molecule has 1 heterocycles. The maximum atomic E-state index is 12.7. The molecule has 1 N–H and O–H groups in total. The van der Waals surface area contributed by atoms with Gasteiger partial charge in [0.15, 0.2) is 0 Å². The second kappa shape index (κ2) is 3.44. The highest BCUT2D eigenvalue weighted by atomic mass is 19.1. The van der Waals surface area contributed by atoms with Gasteiger partial charge in [0.2, 0.25) is 0 Å². The van der Waals surface area contributed by atoms with E-state index in [0.29, 0.717) is 16.7 Å². The van der Waals surface area contributed by atoms with Gasteiger partial charge in [0, 0.05) is 6.54 Å². The number of hydrogen-bond donors (Lipinski definition) is 1. The van der Waals surface area contributed by atoms with Gasteiger partial charge in [-0.1, -0.05) is 27.7 Å². The quantitative estimate of drug-likeness (QED) is 0.848. The average molecular weight is 222 g/mol. The van der Waals surface area contributed by atoms with E-state index in [2.05, 4.69) is 38.0 Å². The van der Waals surface area contributed by atoms with Crippen molar-refractivity contribution >= 4 is 5.82 Å². The number of nitrogens with one attached hydrogen (secondary N) is 1. The first kappa shape index (κ1) is 11.4. The Kier molecular flexibility index (Phi) is 2.44. The zero-order valence-electron chi connectivity index (χ0n) is 10.3. The van der Waals surface area contributed by atoms with E-state index in [-0.39, 0.29) is 5.82 Å². The molecule has 0 atom stereocenters. The fraction of sp³-hybridized carbons (Fsp3) is 0.615. The Morgan fingerprint density at radius 1 is 1.25 bits per heavy atom. The fourth-order valence-electron chi connectivity index (χ4n) is 2.53. The highest BCUT2D eigenvalue weighted by molar-refractivity contribution is 5.34. The maximum Gasteiger partial charge on any atom is 0.141 e. The third-order valence-corrected chi connectivity index (χ3v) is 4.53. The van der Waals surface area contributed by atoms with E-state index in [0.717, 1.165) is 12.4 Å². The Bertz CT molecular complexity index is 367. The van der Waals surface area contributed by atoms with Crippen molar-refractivity contribution in [3.05, 3.63) is 24.1 Å². The van der Waals surface area contributed by atoms with Crippen LogP contribution in [0.4, 0.5) is 10.2 Å². The SMILES string of the molecule is CC1(C)C(CNc2ccc(F)cn2)C1(C)C. The molecule has 0 amide bonds. The molecule has 16 heavy (non-hydrogen) atoms. The molecule has 0 spiro atoms. The minimum Gasteiger partial charge on any atom is -0.370 e. The van der Waals surface area contributed by atoms with E-state index in [1.165, 1.54) is 12.3 Å². The van der Waals surface area contributed by atoms with Gasteiger partial charge in [0.05, 0.1) is 6.20 Å². The van der Waals surface area contributed by atoms with Gasteiger partial charge in [-0.15, -0.1) is 0 Å². The summed E-state index contributed by atoms with van der Waals surface area (Å²) >= 11 is 0. The molecule has 1 aliphatic carbocycles. The molecule has 1 saturated carbocycles. The van der Waals surface area contributed by atoms with Crippen molar-refractivity contribution < 1.29 is 4.39 Å². The summed E-state index contributed by atoms with van der Waals surface area (Å²) in [6, 6.07) is 3.11. The number of rotatable bonds is 3. The molecule has 1 fully saturated rings. The maximum absolute atomic E-state index is 12.7. The van der Waals surface area contributed by atoms with E-state index >= 15 is 0 Å². The van der Waals surface area contributed by atoms with Gasteiger partial charge < -0.3 is 5.32 Å². The molecule has 1 aromatic heterocycles. The van der Waals surface area contributed by atoms with E-state index < -0.39 is 0 Å². The Hall–Kier alpha value is -1.12. The van der Waals surface area contributed by atoms with Crippen LogP contribution in [0.2, 0.25) is 0 Å². The normalized spacial score (nSPS) is 21.8. The van der Waals surface area contributed by atoms with E-state index in [4.69, 9.17) is 0 Å². The van der Waals surface area contributed by atoms with Crippen molar-refractivity contribution in [2.24, 2.45) is 16.7 Å². The molecule has 1 aliphatic rings. The van der Waals surface area contributed by atoms with Crippen molar-refractivity contribution in [1.82, 2.24) is 4.98 Å². The highest BCUT2D eigenvalue weighted by Crippen LogP contribution is 2.68. The van der Waals surface area contributed by atoms with Crippen LogP contribution < -0.4 is 5.32 Å². The lowest BCUT2D eigenvalue weighted by molar-refractivity contribution is 0.457. The zero-order valence-corrected chi connectivity index (χ0v) is 10.3. The van der Waals surface area contributed by atoms with Crippen molar-refractivity contribution in [3.63, 3.8) is 0 Å². The second-order valence-corrected chi connectivity index (χ2v) is 5.74. The second-order valence-electron chi connectivity index (χ2n) is 5.74. The van der Waals surface area contributed by atoms with Gasteiger partial charge in [-0.25, -0.2) is 9.37 Å². The molecule has 0 aromatic carbocycles. The zero-order chi connectivity index (χ0) is 12.0. The molecule has 0 radical (unpaired) electrons. The molecule has 2 nitrogen and oxygen atoms in total. The molecule has 2 rings (SSSR count). The molecule has 88 valence electrons. The Labute approximate surface area is 96.3 Å². The van der Waals surface area contributed by atoms with Gasteiger partial charge in [0.1, 0.15) is 11.6 Å². The topological polar surface area (TPSA) is 24.9 Å². The fourth-order valence-corrected chi connectivity index (χ4v) is 2.53. The standard InChI is InChI=1S/C13H19FN2/c1-12(2)10(13(12,3)4)8-16-11-6-5-9(14)7-15-11/h5-7,10H,8H2,1-4H3,(H,15,16). The first-order valence-electron chi connectivity index (χ1n) is 5.71. The van der Waals surface area contributed by atoms with Crippen molar-refractivity contribution in [3.8, 4) is 0 Å². The summed E-state index contributed by atoms with van der Waals surface area (Å²) in [5.74, 6) is 1.10. The lowest BCUT2D eigenvalue weighted by Crippen LogP contribution is -2.09. The van der Waals surface area contributed by atoms with Gasteiger partial charge in [-0.3, -0.25) is 0 Å². The molecular weight excluding hydrogens is 203 g/mol. The van der Waals surface area contributed by atoms with Crippen LogP contribution in [0.25, 0.3) is 0 Å². The summed E-state index contributed by atoms with van der Waals surface area (Å²) in [4.78, 5) is 3.99. The largest absolute Gasteiger partial charge is 0.370 e. The van der Waals surface area contributed by atoms with Gasteiger partial charge >= 0.3 is 0 Å². The van der Waals surface area contributed by atoms with Crippen LogP contribution in [0.3, 0.4) is 0 Å². The highest BCUT2D eigenvalue weighted by Gasteiger charge is 2.64. The molecule has 0 bridgehead atoms. The third-order valence-electron chi connectivity index (χ3n) is 4.53. The Morgan fingerprint density at radius 3 is 2.31 bits per heavy atom. The first-order valence-corrected chi connectivity index (χ1v) is 5.71. The van der Waals surface area contributed by atoms with Crippen molar-refractivity contribution in [2.45, 2.75) is 27.7 Å². The Balaban J connectivity index is 1.93. The third kappa shape index (κ3) is 1.68. The Morgan fingerprint density at radius 2 is 1.88 bits per heavy atom. The number of halogens is 1. The molecule has 0 unspecified atom stereocenters. The summed E-state index contributed by atoms with van der Waals surface area (Å²) in [5.41, 5.74) is 0.750. The lowest BCUT2D eigenvalue weighted by Gasteiger charge is -2.06. The number of anilines is 1. The number of hydrogen-bond acceptors (Lipinski definition) is 2. The lowest BCUT2D eigenvalue weighted by atomic mass is 10.0. The van der Waals surface area contributed by atoms with Crippen LogP contribution in [0.5, 0.6) is 0 Å². The van der Waals surface area contributed by atoms with E-state index in [9.17, 15) is 4.39 Å². The predicted octanol–water partition coefficient (Wildman–Crippen LogP) is 3.31. The first-order chi connectivity index (χ1) is 7.35. The van der Waals surface area contributed by atoms with E-state index in [1.807, 2.05) is 0 Å². The molecular formula is C13H19FN2. The van der Waals surface area contributed by atoms with Crippen molar-refractivity contribution in [2.75, 3.05) is 11.9 Å². The summed E-state index contributed by atoms with van der Waals surface area (Å²) in [7, 11) is 0. The van der Waals surface area contributed by atoms with Crippen LogP contribution in [-0.4, -0.2) is 11.5 Å². The predicted molar refractivity (Wildman–Crippen MR) is 63.7 cm³/mol. The summed E-state index contributed by atoms with van der Waals surface area (Å²) in [6.07, 6.45) is 1.24. The number of nitrogens with zero attached hydrogens (tertiary/aromatic N) is 1. The minimum absolute atomic E-state index is 0.294. The summed E-state index contributed by atoms with van der Waals surface area (Å²) in [6.45, 7) is 10.1. The molecule has 0 saturated heterocycles. The molecule has 3 heteroatoms. The molecule has 0 aliphatic heterocycles. The van der Waals surface area contributed by atoms with Crippen LogP contribution in [-0.2, 0) is 0 Å².